The molecule has 0 saturated carbocycles. The van der Waals surface area contributed by atoms with Gasteiger partial charge in [-0.15, -0.1) is 0 Å². The molecular formula is C14H15ClIN3O2. The minimum absolute atomic E-state index is 0.104. The number of aromatic nitrogens is 2. The lowest BCUT2D eigenvalue weighted by Crippen LogP contribution is -2.14. The van der Waals surface area contributed by atoms with Gasteiger partial charge in [-0.3, -0.25) is 7.58 Å². The van der Waals surface area contributed by atoms with Gasteiger partial charge in [0.25, 0.3) is 0 Å². The Hall–Kier alpha value is -1.12. The number of aryl methyl sites for hydroxylation is 1. The molecule has 1 heterocycles. The van der Waals surface area contributed by atoms with E-state index in [1.165, 1.54) is 0 Å². The van der Waals surface area contributed by atoms with Gasteiger partial charge in [-0.1, -0.05) is 17.7 Å². The summed E-state index contributed by atoms with van der Waals surface area (Å²) in [6.07, 6.45) is 4.28. The van der Waals surface area contributed by atoms with E-state index in [2.05, 4.69) is 33.2 Å². The van der Waals surface area contributed by atoms with Crippen LogP contribution in [0.3, 0.4) is 0 Å². The fourth-order valence-electron chi connectivity index (χ4n) is 2.00. The highest BCUT2D eigenvalue weighted by Gasteiger charge is 2.06. The molecule has 0 radical (unpaired) electrons. The molecule has 2 rings (SSSR count). The van der Waals surface area contributed by atoms with E-state index in [1.54, 1.807) is 6.33 Å². The molecule has 112 valence electrons. The molecule has 0 atom stereocenters. The Balaban J connectivity index is 1.96. The monoisotopic (exact) mass is 419 g/mol. The van der Waals surface area contributed by atoms with Gasteiger partial charge in [0, 0.05) is 30.7 Å². The Labute approximate surface area is 141 Å². The fourth-order valence-corrected chi connectivity index (χ4v) is 2.64. The lowest BCUT2D eigenvalue weighted by atomic mass is 10.0. The number of hydrogen-bond donors (Lipinski definition) is 2. The van der Waals surface area contributed by atoms with E-state index in [1.807, 2.05) is 27.2 Å². The summed E-state index contributed by atoms with van der Waals surface area (Å²) in [6.45, 7) is 1.32. The van der Waals surface area contributed by atoms with Crippen molar-refractivity contribution in [3.05, 3.63) is 52.6 Å². The van der Waals surface area contributed by atoms with Gasteiger partial charge in [0.15, 0.2) is 0 Å². The number of carboxylic acids is 1. The zero-order valence-corrected chi connectivity index (χ0v) is 14.1. The standard InChI is InChI=1S/C14H15ClIN3O2/c15-12-3-1-11(10(5-12)2-4-14(20)21)6-17-7-13-8-19(16)9-18-13/h1,3,5,8-9,17H,2,4,6-7H2,(H,20,21). The molecule has 0 saturated heterocycles. The van der Waals surface area contributed by atoms with E-state index >= 15 is 0 Å². The minimum atomic E-state index is -0.804. The van der Waals surface area contributed by atoms with Gasteiger partial charge in [0.1, 0.15) is 6.33 Å². The third-order valence-electron chi connectivity index (χ3n) is 3.00. The van der Waals surface area contributed by atoms with Crippen LogP contribution in [0, 0.1) is 0 Å². The second kappa shape index (κ2) is 7.77. The first-order valence-corrected chi connectivity index (χ1v) is 7.77. The Bertz CT molecular complexity index is 630. The third kappa shape index (κ3) is 5.29. The van der Waals surface area contributed by atoms with Gasteiger partial charge >= 0.3 is 5.97 Å². The van der Waals surface area contributed by atoms with E-state index in [-0.39, 0.29) is 6.42 Å². The zero-order valence-electron chi connectivity index (χ0n) is 11.2. The minimum Gasteiger partial charge on any atom is -0.481 e. The molecular weight excluding hydrogens is 405 g/mol. The number of hydrogen-bond acceptors (Lipinski definition) is 3. The van der Waals surface area contributed by atoms with Gasteiger partial charge in [-0.25, -0.2) is 4.98 Å². The summed E-state index contributed by atoms with van der Waals surface area (Å²) in [5.41, 5.74) is 3.00. The molecule has 21 heavy (non-hydrogen) atoms. The van der Waals surface area contributed by atoms with Crippen molar-refractivity contribution >= 4 is 40.4 Å². The number of rotatable bonds is 7. The van der Waals surface area contributed by atoms with E-state index in [4.69, 9.17) is 16.7 Å². The summed E-state index contributed by atoms with van der Waals surface area (Å²) >= 11 is 8.13. The van der Waals surface area contributed by atoms with Crippen LogP contribution < -0.4 is 5.32 Å². The Kier molecular flexibility index (Phi) is 6.01. The summed E-state index contributed by atoms with van der Waals surface area (Å²) < 4.78 is 1.87. The molecule has 0 fully saturated rings. The maximum atomic E-state index is 10.7. The third-order valence-corrected chi connectivity index (χ3v) is 3.77. The molecule has 0 bridgehead atoms. The van der Waals surface area contributed by atoms with Crippen LogP contribution in [0.4, 0.5) is 0 Å². The van der Waals surface area contributed by atoms with Gasteiger partial charge in [0.2, 0.25) is 0 Å². The number of nitrogens with one attached hydrogen (secondary N) is 1. The Morgan fingerprint density at radius 2 is 2.19 bits per heavy atom. The average Bonchev–Trinajstić information content (AvgIpc) is 2.84. The molecule has 2 N–H and O–H groups in total. The molecule has 2 aromatic rings. The van der Waals surface area contributed by atoms with Crippen LogP contribution in [0.15, 0.2) is 30.7 Å². The molecule has 0 unspecified atom stereocenters. The van der Waals surface area contributed by atoms with E-state index in [0.29, 0.717) is 24.5 Å². The highest BCUT2D eigenvalue weighted by atomic mass is 127. The van der Waals surface area contributed by atoms with Gasteiger partial charge in [-0.2, -0.15) is 0 Å². The van der Waals surface area contributed by atoms with Crippen LogP contribution in [0.1, 0.15) is 23.2 Å². The summed E-state index contributed by atoms with van der Waals surface area (Å²) in [4.78, 5) is 14.9. The van der Waals surface area contributed by atoms with Gasteiger partial charge < -0.3 is 10.4 Å². The molecule has 0 aliphatic heterocycles. The van der Waals surface area contributed by atoms with Gasteiger partial charge in [0.05, 0.1) is 28.6 Å². The number of benzene rings is 1. The lowest BCUT2D eigenvalue weighted by molar-refractivity contribution is -0.136. The molecule has 1 aromatic heterocycles. The van der Waals surface area contributed by atoms with Crippen molar-refractivity contribution in [3.63, 3.8) is 0 Å². The molecule has 0 spiro atoms. The number of imidazole rings is 1. The number of carboxylic acid groups (broad SMARTS) is 1. The van der Waals surface area contributed by atoms with Crippen molar-refractivity contribution in [2.75, 3.05) is 0 Å². The van der Waals surface area contributed by atoms with Crippen molar-refractivity contribution in [2.45, 2.75) is 25.9 Å². The maximum absolute atomic E-state index is 10.7. The van der Waals surface area contributed by atoms with Crippen LogP contribution in [-0.2, 0) is 24.3 Å². The molecule has 0 aliphatic rings. The van der Waals surface area contributed by atoms with Crippen LogP contribution >= 0.6 is 34.5 Å². The topological polar surface area (TPSA) is 67.2 Å². The average molecular weight is 420 g/mol. The SMILES string of the molecule is O=C(O)CCc1cc(Cl)ccc1CNCc1cn(I)cn1. The molecule has 0 aliphatic carbocycles. The molecule has 5 nitrogen and oxygen atoms in total. The predicted octanol–water partition coefficient (Wildman–Crippen LogP) is 3.04. The second-order valence-corrected chi connectivity index (χ2v) is 6.17. The summed E-state index contributed by atoms with van der Waals surface area (Å²) in [5.74, 6) is -0.804. The predicted molar refractivity (Wildman–Crippen MR) is 89.6 cm³/mol. The van der Waals surface area contributed by atoms with Crippen molar-refractivity contribution in [2.24, 2.45) is 0 Å². The van der Waals surface area contributed by atoms with Crippen molar-refractivity contribution in [3.8, 4) is 0 Å². The maximum Gasteiger partial charge on any atom is 0.303 e. The van der Waals surface area contributed by atoms with Crippen LogP contribution in [0.5, 0.6) is 0 Å². The first kappa shape index (κ1) is 16.3. The quantitative estimate of drug-likeness (QED) is 0.677. The molecule has 1 aromatic carbocycles. The highest BCUT2D eigenvalue weighted by Crippen LogP contribution is 2.18. The van der Waals surface area contributed by atoms with E-state index < -0.39 is 5.97 Å². The lowest BCUT2D eigenvalue weighted by Gasteiger charge is -2.10. The number of halogens is 2. The zero-order chi connectivity index (χ0) is 15.2. The Morgan fingerprint density at radius 3 is 2.86 bits per heavy atom. The largest absolute Gasteiger partial charge is 0.481 e. The van der Waals surface area contributed by atoms with Crippen molar-refractivity contribution < 1.29 is 9.90 Å². The van der Waals surface area contributed by atoms with Crippen LogP contribution in [0.2, 0.25) is 5.02 Å². The van der Waals surface area contributed by atoms with Crippen molar-refractivity contribution in [1.82, 2.24) is 13.1 Å². The first-order valence-electron chi connectivity index (χ1n) is 6.43. The van der Waals surface area contributed by atoms with Crippen molar-refractivity contribution in [1.29, 1.82) is 0 Å². The second-order valence-electron chi connectivity index (χ2n) is 4.62. The number of nitrogens with zero attached hydrogens (tertiary/aromatic N) is 2. The number of carbonyl (C=O) groups is 1. The fraction of sp³-hybridized carbons (Fsp3) is 0.286. The normalized spacial score (nSPS) is 10.8. The Morgan fingerprint density at radius 1 is 1.38 bits per heavy atom. The van der Waals surface area contributed by atoms with E-state index in [0.717, 1.165) is 16.8 Å². The molecule has 0 amide bonds. The van der Waals surface area contributed by atoms with E-state index in [9.17, 15) is 4.79 Å². The van der Waals surface area contributed by atoms with Crippen LogP contribution in [-0.4, -0.2) is 18.8 Å². The highest BCUT2D eigenvalue weighted by molar-refractivity contribution is 14.1. The summed E-state index contributed by atoms with van der Waals surface area (Å²) in [5, 5.41) is 12.7. The molecule has 7 heteroatoms. The first-order chi connectivity index (χ1) is 10.0. The number of aliphatic carboxylic acids is 1. The summed E-state index contributed by atoms with van der Waals surface area (Å²) in [6, 6.07) is 5.59. The summed E-state index contributed by atoms with van der Waals surface area (Å²) in [7, 11) is 0. The van der Waals surface area contributed by atoms with Gasteiger partial charge in [-0.05, 0) is 29.7 Å². The van der Waals surface area contributed by atoms with Crippen LogP contribution in [0.25, 0.3) is 0 Å². The smallest absolute Gasteiger partial charge is 0.303 e.